The van der Waals surface area contributed by atoms with E-state index in [1.807, 2.05) is 38.1 Å². The van der Waals surface area contributed by atoms with Crippen molar-refractivity contribution in [3.05, 3.63) is 53.1 Å². The maximum absolute atomic E-state index is 6.09. The van der Waals surface area contributed by atoms with Gasteiger partial charge in [0, 0.05) is 5.56 Å². The minimum absolute atomic E-state index is 0.640. The molecule has 0 saturated heterocycles. The summed E-state index contributed by atoms with van der Waals surface area (Å²) >= 11 is 6.09. The van der Waals surface area contributed by atoms with Crippen molar-refractivity contribution in [2.45, 2.75) is 20.8 Å². The Hall–Kier alpha value is -1.47. The van der Waals surface area contributed by atoms with Gasteiger partial charge < -0.3 is 4.74 Å². The van der Waals surface area contributed by atoms with Gasteiger partial charge >= 0.3 is 0 Å². The normalized spacial score (nSPS) is 9.39. The summed E-state index contributed by atoms with van der Waals surface area (Å²) in [5, 5.41) is 0.640. The Kier molecular flexibility index (Phi) is 5.73. The van der Waals surface area contributed by atoms with Crippen molar-refractivity contribution < 1.29 is 4.74 Å². The highest BCUT2D eigenvalue weighted by atomic mass is 35.5. The van der Waals surface area contributed by atoms with Crippen LogP contribution in [0.4, 0.5) is 0 Å². The maximum Gasteiger partial charge on any atom is 0.145 e. The van der Waals surface area contributed by atoms with Crippen LogP contribution in [0.1, 0.15) is 19.4 Å². The molecule has 96 valence electrons. The van der Waals surface area contributed by atoms with Crippen molar-refractivity contribution in [1.82, 2.24) is 0 Å². The number of halogens is 1. The first kappa shape index (κ1) is 14.6. The van der Waals surface area contributed by atoms with Gasteiger partial charge in [0.2, 0.25) is 0 Å². The molecule has 0 spiro atoms. The van der Waals surface area contributed by atoms with E-state index in [4.69, 9.17) is 16.3 Å². The first-order valence-electron chi connectivity index (χ1n) is 6.12. The molecule has 2 rings (SSSR count). The quantitative estimate of drug-likeness (QED) is 0.709. The third kappa shape index (κ3) is 3.27. The number of hydrogen-bond donors (Lipinski definition) is 0. The molecular weight excluding hydrogens is 244 g/mol. The molecule has 2 aromatic rings. The summed E-state index contributed by atoms with van der Waals surface area (Å²) in [5.41, 5.74) is 3.37. The topological polar surface area (TPSA) is 9.23 Å². The second-order valence-corrected chi connectivity index (χ2v) is 4.10. The van der Waals surface area contributed by atoms with Crippen molar-refractivity contribution in [3.63, 3.8) is 0 Å². The summed E-state index contributed by atoms with van der Waals surface area (Å²) in [4.78, 5) is 0. The molecule has 0 fully saturated rings. The van der Waals surface area contributed by atoms with Crippen LogP contribution in [-0.4, -0.2) is 7.11 Å². The molecular formula is C16H19ClO. The molecule has 0 atom stereocenters. The Morgan fingerprint density at radius 2 is 1.67 bits per heavy atom. The zero-order valence-electron chi connectivity index (χ0n) is 11.3. The molecule has 2 heteroatoms. The van der Waals surface area contributed by atoms with Crippen molar-refractivity contribution in [3.8, 4) is 16.9 Å². The highest BCUT2D eigenvalue weighted by Crippen LogP contribution is 2.35. The fourth-order valence-electron chi connectivity index (χ4n) is 1.76. The van der Waals surface area contributed by atoms with Crippen LogP contribution >= 0.6 is 11.6 Å². The first-order valence-corrected chi connectivity index (χ1v) is 6.49. The Labute approximate surface area is 114 Å². The summed E-state index contributed by atoms with van der Waals surface area (Å²) in [6.07, 6.45) is 0. The molecule has 0 N–H and O–H groups in total. The van der Waals surface area contributed by atoms with Crippen LogP contribution in [0.5, 0.6) is 5.75 Å². The molecule has 1 nitrogen and oxygen atoms in total. The minimum Gasteiger partial charge on any atom is -0.495 e. The summed E-state index contributed by atoms with van der Waals surface area (Å²) in [6.45, 7) is 6.07. The molecule has 0 aliphatic heterocycles. The van der Waals surface area contributed by atoms with Crippen molar-refractivity contribution in [1.29, 1.82) is 0 Å². The van der Waals surface area contributed by atoms with E-state index in [0.717, 1.165) is 16.9 Å². The number of ether oxygens (including phenoxy) is 1. The molecule has 0 unspecified atom stereocenters. The zero-order valence-corrected chi connectivity index (χ0v) is 12.1. The van der Waals surface area contributed by atoms with Gasteiger partial charge in [0.1, 0.15) is 5.75 Å². The van der Waals surface area contributed by atoms with Crippen LogP contribution in [0.25, 0.3) is 11.1 Å². The van der Waals surface area contributed by atoms with Crippen LogP contribution < -0.4 is 4.74 Å². The summed E-state index contributed by atoms with van der Waals surface area (Å²) < 4.78 is 5.34. The Morgan fingerprint density at radius 3 is 2.28 bits per heavy atom. The lowest BCUT2D eigenvalue weighted by Crippen LogP contribution is -1.89. The molecule has 0 aromatic heterocycles. The molecule has 0 saturated carbocycles. The monoisotopic (exact) mass is 262 g/mol. The van der Waals surface area contributed by atoms with Gasteiger partial charge in [-0.25, -0.2) is 0 Å². The van der Waals surface area contributed by atoms with Crippen molar-refractivity contribution >= 4 is 11.6 Å². The van der Waals surface area contributed by atoms with E-state index < -0.39 is 0 Å². The molecule has 18 heavy (non-hydrogen) atoms. The molecule has 2 aromatic carbocycles. The zero-order chi connectivity index (χ0) is 13.5. The minimum atomic E-state index is 0.640. The number of rotatable bonds is 2. The molecule has 0 bridgehead atoms. The van der Waals surface area contributed by atoms with Crippen LogP contribution in [0.3, 0.4) is 0 Å². The smallest absolute Gasteiger partial charge is 0.145 e. The molecule has 0 heterocycles. The van der Waals surface area contributed by atoms with Crippen LogP contribution in [0, 0.1) is 6.92 Å². The van der Waals surface area contributed by atoms with Gasteiger partial charge in [-0.15, -0.1) is 0 Å². The third-order valence-electron chi connectivity index (χ3n) is 2.50. The second kappa shape index (κ2) is 7.07. The number of hydrogen-bond acceptors (Lipinski definition) is 1. The summed E-state index contributed by atoms with van der Waals surface area (Å²) in [7, 11) is 1.64. The highest BCUT2D eigenvalue weighted by molar-refractivity contribution is 6.32. The van der Waals surface area contributed by atoms with E-state index in [1.54, 1.807) is 7.11 Å². The van der Waals surface area contributed by atoms with Gasteiger partial charge in [-0.1, -0.05) is 67.4 Å². The highest BCUT2D eigenvalue weighted by Gasteiger charge is 2.08. The predicted molar refractivity (Wildman–Crippen MR) is 79.5 cm³/mol. The Morgan fingerprint density at radius 1 is 1.00 bits per heavy atom. The predicted octanol–water partition coefficient (Wildman–Crippen LogP) is 5.35. The van der Waals surface area contributed by atoms with E-state index in [9.17, 15) is 0 Å². The third-order valence-corrected chi connectivity index (χ3v) is 2.80. The molecule has 0 radical (unpaired) electrons. The fourth-order valence-corrected chi connectivity index (χ4v) is 2.01. The van der Waals surface area contributed by atoms with E-state index >= 15 is 0 Å². The number of aryl methyl sites for hydroxylation is 1. The lowest BCUT2D eigenvalue weighted by Gasteiger charge is -2.10. The molecule has 0 aliphatic rings. The standard InChI is InChI=1S/C14H13ClO.C2H6/c1-10-5-3-6-11(9-10)12-7-4-8-13(15)14(12)16-2;1-2/h3-9H,1-2H3;1-2H3. The van der Waals surface area contributed by atoms with Gasteiger partial charge in [-0.05, 0) is 18.6 Å². The van der Waals surface area contributed by atoms with Gasteiger partial charge in [-0.2, -0.15) is 0 Å². The van der Waals surface area contributed by atoms with Crippen LogP contribution in [0.2, 0.25) is 5.02 Å². The lowest BCUT2D eigenvalue weighted by atomic mass is 10.0. The number of benzene rings is 2. The van der Waals surface area contributed by atoms with E-state index in [2.05, 4.69) is 25.1 Å². The van der Waals surface area contributed by atoms with E-state index in [-0.39, 0.29) is 0 Å². The van der Waals surface area contributed by atoms with Crippen LogP contribution in [0.15, 0.2) is 42.5 Å². The average Bonchev–Trinajstić information content (AvgIpc) is 2.41. The van der Waals surface area contributed by atoms with Gasteiger partial charge in [0.25, 0.3) is 0 Å². The van der Waals surface area contributed by atoms with Crippen LogP contribution in [-0.2, 0) is 0 Å². The summed E-state index contributed by atoms with van der Waals surface area (Å²) in [6, 6.07) is 14.1. The second-order valence-electron chi connectivity index (χ2n) is 3.69. The molecule has 0 aliphatic carbocycles. The Bertz CT molecular complexity index is 506. The average molecular weight is 263 g/mol. The number of para-hydroxylation sites is 1. The first-order chi connectivity index (χ1) is 8.72. The maximum atomic E-state index is 6.09. The molecule has 0 amide bonds. The fraction of sp³-hybridized carbons (Fsp3) is 0.250. The number of methoxy groups -OCH3 is 1. The largest absolute Gasteiger partial charge is 0.495 e. The lowest BCUT2D eigenvalue weighted by molar-refractivity contribution is 0.416. The van der Waals surface area contributed by atoms with Crippen molar-refractivity contribution in [2.75, 3.05) is 7.11 Å². The summed E-state index contributed by atoms with van der Waals surface area (Å²) in [5.74, 6) is 0.731. The van der Waals surface area contributed by atoms with Gasteiger partial charge in [-0.3, -0.25) is 0 Å². The van der Waals surface area contributed by atoms with Gasteiger partial charge in [0.15, 0.2) is 0 Å². The Balaban J connectivity index is 0.000000771. The van der Waals surface area contributed by atoms with Crippen molar-refractivity contribution in [2.24, 2.45) is 0 Å². The van der Waals surface area contributed by atoms with E-state index in [1.165, 1.54) is 5.56 Å². The van der Waals surface area contributed by atoms with E-state index in [0.29, 0.717) is 5.02 Å². The van der Waals surface area contributed by atoms with Gasteiger partial charge in [0.05, 0.1) is 12.1 Å². The SMILES string of the molecule is CC.COc1c(Cl)cccc1-c1cccc(C)c1.